The molecule has 2 aliphatic rings. The molecule has 0 aliphatic carbocycles. The second-order valence-electron chi connectivity index (χ2n) is 6.60. The van der Waals surface area contributed by atoms with Gasteiger partial charge in [0.2, 0.25) is 11.8 Å². The van der Waals surface area contributed by atoms with Crippen molar-refractivity contribution in [1.29, 1.82) is 0 Å². The van der Waals surface area contributed by atoms with Crippen molar-refractivity contribution in [3.05, 3.63) is 0 Å². The molecule has 2 rings (SSSR count). The minimum atomic E-state index is 0. The Hall–Kier alpha value is -0.600. The largest absolute Gasteiger partial charge is 0.379 e. The number of nitrogens with two attached hydrogens (primary N) is 1. The molecule has 0 aromatic heterocycles. The molecule has 0 unspecified atom stereocenters. The van der Waals surface area contributed by atoms with Crippen LogP contribution in [0.1, 0.15) is 32.1 Å². The van der Waals surface area contributed by atoms with Gasteiger partial charge in [0.15, 0.2) is 0 Å². The maximum atomic E-state index is 12.3. The molecule has 0 radical (unpaired) electrons. The fourth-order valence-electron chi connectivity index (χ4n) is 3.19. The number of amides is 2. The van der Waals surface area contributed by atoms with E-state index in [-0.39, 0.29) is 36.6 Å². The van der Waals surface area contributed by atoms with Crippen molar-refractivity contribution in [3.8, 4) is 0 Å². The molecule has 2 saturated heterocycles. The highest BCUT2D eigenvalue weighted by atomic mass is 35.5. The zero-order valence-electron chi connectivity index (χ0n) is 15.6. The molecule has 0 atom stereocenters. The second kappa shape index (κ2) is 14.5. The summed E-state index contributed by atoms with van der Waals surface area (Å²) < 4.78 is 5.30. The summed E-state index contributed by atoms with van der Waals surface area (Å²) in [5.41, 5.74) is 5.47. The molecule has 0 aromatic carbocycles. The SMILES string of the molecule is Cl.Cl.NCCCCCCC(=O)N1CCN(C(=O)CN2CCOCC2)CC1. The van der Waals surface area contributed by atoms with E-state index in [2.05, 4.69) is 4.90 Å². The quantitative estimate of drug-likeness (QED) is 0.594. The van der Waals surface area contributed by atoms with E-state index in [0.29, 0.717) is 52.4 Å². The molecule has 2 N–H and O–H groups in total. The third-order valence-corrected chi connectivity index (χ3v) is 4.79. The Bertz CT molecular complexity index is 401. The lowest BCUT2D eigenvalue weighted by Crippen LogP contribution is -2.53. The predicted octanol–water partition coefficient (Wildman–Crippen LogP) is 0.742. The first kappa shape index (κ1) is 25.4. The number of carbonyl (C=O) groups is 2. The fourth-order valence-corrected chi connectivity index (χ4v) is 3.19. The summed E-state index contributed by atoms with van der Waals surface area (Å²) in [4.78, 5) is 30.5. The number of piperazine rings is 1. The van der Waals surface area contributed by atoms with Crippen LogP contribution in [-0.4, -0.2) is 92.1 Å². The smallest absolute Gasteiger partial charge is 0.236 e. The van der Waals surface area contributed by atoms with Gasteiger partial charge in [-0.15, -0.1) is 24.8 Å². The van der Waals surface area contributed by atoms with E-state index in [1.165, 1.54) is 0 Å². The van der Waals surface area contributed by atoms with Crippen LogP contribution in [0.5, 0.6) is 0 Å². The number of halogens is 2. The molecule has 154 valence electrons. The van der Waals surface area contributed by atoms with Crippen LogP contribution < -0.4 is 5.73 Å². The van der Waals surface area contributed by atoms with Crippen LogP contribution in [-0.2, 0) is 14.3 Å². The fraction of sp³-hybridized carbons (Fsp3) is 0.882. The molecule has 0 saturated carbocycles. The normalized spacial score (nSPS) is 18.0. The first-order chi connectivity index (χ1) is 11.7. The van der Waals surface area contributed by atoms with Crippen molar-refractivity contribution in [2.75, 3.05) is 65.6 Å². The standard InChI is InChI=1S/C17H32N4O3.2ClH/c18-6-4-2-1-3-5-16(22)20-7-9-21(10-8-20)17(23)15-19-11-13-24-14-12-19;;/h1-15,18H2;2*1H. The molecule has 9 heteroatoms. The zero-order valence-corrected chi connectivity index (χ0v) is 17.2. The number of rotatable bonds is 8. The summed E-state index contributed by atoms with van der Waals surface area (Å²) in [6.45, 7) is 6.91. The van der Waals surface area contributed by atoms with Crippen molar-refractivity contribution >= 4 is 36.6 Å². The van der Waals surface area contributed by atoms with Gasteiger partial charge in [0.05, 0.1) is 19.8 Å². The van der Waals surface area contributed by atoms with E-state index in [1.54, 1.807) is 0 Å². The molecule has 2 aliphatic heterocycles. The number of hydrogen-bond donors (Lipinski definition) is 1. The van der Waals surface area contributed by atoms with E-state index in [0.717, 1.165) is 45.3 Å². The van der Waals surface area contributed by atoms with Crippen molar-refractivity contribution in [2.45, 2.75) is 32.1 Å². The minimum Gasteiger partial charge on any atom is -0.379 e. The average molecular weight is 413 g/mol. The minimum absolute atomic E-state index is 0. The molecule has 0 spiro atoms. The third-order valence-electron chi connectivity index (χ3n) is 4.79. The Balaban J connectivity index is 0.00000312. The van der Waals surface area contributed by atoms with Gasteiger partial charge >= 0.3 is 0 Å². The van der Waals surface area contributed by atoms with E-state index < -0.39 is 0 Å². The Morgan fingerprint density at radius 1 is 0.769 bits per heavy atom. The Kier molecular flexibility index (Phi) is 14.1. The monoisotopic (exact) mass is 412 g/mol. The Labute approximate surface area is 169 Å². The molecule has 2 fully saturated rings. The summed E-state index contributed by atoms with van der Waals surface area (Å²) >= 11 is 0. The summed E-state index contributed by atoms with van der Waals surface area (Å²) in [6, 6.07) is 0. The number of hydrogen-bond acceptors (Lipinski definition) is 5. The number of ether oxygens (including phenoxy) is 1. The third kappa shape index (κ3) is 8.86. The number of unbranched alkanes of at least 4 members (excludes halogenated alkanes) is 3. The highest BCUT2D eigenvalue weighted by Crippen LogP contribution is 2.09. The van der Waals surface area contributed by atoms with Crippen LogP contribution in [0.4, 0.5) is 0 Å². The van der Waals surface area contributed by atoms with Gasteiger partial charge in [0.1, 0.15) is 0 Å². The van der Waals surface area contributed by atoms with Crippen LogP contribution in [0.15, 0.2) is 0 Å². The van der Waals surface area contributed by atoms with Gasteiger partial charge in [-0.05, 0) is 19.4 Å². The molecule has 2 heterocycles. The summed E-state index contributed by atoms with van der Waals surface area (Å²) in [5.74, 6) is 0.397. The van der Waals surface area contributed by atoms with Crippen LogP contribution in [0.25, 0.3) is 0 Å². The molecule has 2 amide bonds. The summed E-state index contributed by atoms with van der Waals surface area (Å²) in [5, 5.41) is 0. The molecular formula is C17H34Cl2N4O3. The van der Waals surface area contributed by atoms with Gasteiger partial charge in [-0.2, -0.15) is 0 Å². The van der Waals surface area contributed by atoms with Crippen molar-refractivity contribution in [1.82, 2.24) is 14.7 Å². The predicted molar refractivity (Wildman–Crippen MR) is 107 cm³/mol. The highest BCUT2D eigenvalue weighted by molar-refractivity contribution is 5.85. The van der Waals surface area contributed by atoms with Gasteiger partial charge in [-0.1, -0.05) is 12.8 Å². The second-order valence-corrected chi connectivity index (χ2v) is 6.60. The number of carbonyl (C=O) groups excluding carboxylic acids is 2. The van der Waals surface area contributed by atoms with E-state index in [9.17, 15) is 9.59 Å². The average Bonchev–Trinajstić information content (AvgIpc) is 2.62. The van der Waals surface area contributed by atoms with Crippen molar-refractivity contribution in [3.63, 3.8) is 0 Å². The maximum Gasteiger partial charge on any atom is 0.236 e. The first-order valence-electron chi connectivity index (χ1n) is 9.26. The number of morpholine rings is 1. The Morgan fingerprint density at radius 2 is 1.31 bits per heavy atom. The zero-order chi connectivity index (χ0) is 17.2. The van der Waals surface area contributed by atoms with Crippen LogP contribution in [0.2, 0.25) is 0 Å². The van der Waals surface area contributed by atoms with E-state index in [4.69, 9.17) is 10.5 Å². The maximum absolute atomic E-state index is 12.3. The van der Waals surface area contributed by atoms with Crippen LogP contribution >= 0.6 is 24.8 Å². The highest BCUT2D eigenvalue weighted by Gasteiger charge is 2.25. The Morgan fingerprint density at radius 3 is 1.88 bits per heavy atom. The van der Waals surface area contributed by atoms with Gasteiger partial charge in [0.25, 0.3) is 0 Å². The lowest BCUT2D eigenvalue weighted by Gasteiger charge is -2.36. The van der Waals surface area contributed by atoms with E-state index in [1.807, 2.05) is 9.80 Å². The summed E-state index contributed by atoms with van der Waals surface area (Å²) in [6.07, 6.45) is 4.77. The summed E-state index contributed by atoms with van der Waals surface area (Å²) in [7, 11) is 0. The van der Waals surface area contributed by atoms with Gasteiger partial charge in [-0.25, -0.2) is 0 Å². The molecule has 0 bridgehead atoms. The van der Waals surface area contributed by atoms with Gasteiger partial charge in [0, 0.05) is 45.7 Å². The van der Waals surface area contributed by atoms with Gasteiger partial charge < -0.3 is 20.3 Å². The lowest BCUT2D eigenvalue weighted by atomic mass is 10.1. The van der Waals surface area contributed by atoms with E-state index >= 15 is 0 Å². The van der Waals surface area contributed by atoms with Gasteiger partial charge in [-0.3, -0.25) is 14.5 Å². The molecule has 26 heavy (non-hydrogen) atoms. The number of nitrogens with zero attached hydrogens (tertiary/aromatic N) is 3. The molecule has 0 aromatic rings. The van der Waals surface area contributed by atoms with Crippen molar-refractivity contribution < 1.29 is 14.3 Å². The molecule has 7 nitrogen and oxygen atoms in total. The first-order valence-corrected chi connectivity index (χ1v) is 9.26. The van der Waals surface area contributed by atoms with Crippen molar-refractivity contribution in [2.24, 2.45) is 5.73 Å². The van der Waals surface area contributed by atoms with Crippen LogP contribution in [0, 0.1) is 0 Å². The lowest BCUT2D eigenvalue weighted by molar-refractivity contribution is -0.140. The topological polar surface area (TPSA) is 79.1 Å². The van der Waals surface area contributed by atoms with Crippen LogP contribution in [0.3, 0.4) is 0 Å². The molecular weight excluding hydrogens is 379 g/mol.